The highest BCUT2D eigenvalue weighted by Gasteiger charge is 2.32. The molecule has 1 atom stereocenters. The molecule has 0 N–H and O–H groups in total. The summed E-state index contributed by atoms with van der Waals surface area (Å²) in [5.74, 6) is -1.28. The standard InChI is InChI=1S/C16H21F2N3O2/c1-3-12-10-21(16(22)23-12)11-8-13(17)15(14(18)9-11)20-6-4-19(2)5-7-20/h8-9,12H,3-7,10H2,1-2H3/t12-/m0/s1. The number of amides is 1. The monoisotopic (exact) mass is 325 g/mol. The summed E-state index contributed by atoms with van der Waals surface area (Å²) >= 11 is 0. The van der Waals surface area contributed by atoms with Crippen LogP contribution in [0.1, 0.15) is 13.3 Å². The van der Waals surface area contributed by atoms with Gasteiger partial charge >= 0.3 is 6.09 Å². The van der Waals surface area contributed by atoms with Crippen molar-refractivity contribution in [2.75, 3.05) is 49.6 Å². The van der Waals surface area contributed by atoms with E-state index in [1.54, 1.807) is 4.90 Å². The lowest BCUT2D eigenvalue weighted by Crippen LogP contribution is -2.45. The molecule has 1 aromatic carbocycles. The number of hydrogen-bond acceptors (Lipinski definition) is 4. The Bertz CT molecular complexity index is 580. The minimum absolute atomic E-state index is 0.0125. The average molecular weight is 325 g/mol. The fourth-order valence-corrected chi connectivity index (χ4v) is 2.99. The molecule has 126 valence electrons. The number of ether oxygens (including phenoxy) is 1. The van der Waals surface area contributed by atoms with Crippen LogP contribution in [0.15, 0.2) is 12.1 Å². The fraction of sp³-hybridized carbons (Fsp3) is 0.562. The zero-order valence-corrected chi connectivity index (χ0v) is 13.4. The van der Waals surface area contributed by atoms with Gasteiger partial charge in [-0.2, -0.15) is 0 Å². The van der Waals surface area contributed by atoms with Crippen LogP contribution in [-0.2, 0) is 4.74 Å². The van der Waals surface area contributed by atoms with E-state index in [9.17, 15) is 13.6 Å². The predicted molar refractivity (Wildman–Crippen MR) is 84.0 cm³/mol. The van der Waals surface area contributed by atoms with Crippen molar-refractivity contribution in [3.63, 3.8) is 0 Å². The van der Waals surface area contributed by atoms with Crippen molar-refractivity contribution in [3.05, 3.63) is 23.8 Å². The summed E-state index contributed by atoms with van der Waals surface area (Å²) in [7, 11) is 1.98. The lowest BCUT2D eigenvalue weighted by molar-refractivity contribution is 0.139. The molecule has 0 saturated carbocycles. The highest BCUT2D eigenvalue weighted by Crippen LogP contribution is 2.31. The molecule has 7 heteroatoms. The molecule has 0 radical (unpaired) electrons. The molecule has 0 unspecified atom stereocenters. The van der Waals surface area contributed by atoms with Crippen LogP contribution in [0.3, 0.4) is 0 Å². The largest absolute Gasteiger partial charge is 0.444 e. The van der Waals surface area contributed by atoms with Crippen LogP contribution in [0.4, 0.5) is 25.0 Å². The Morgan fingerprint density at radius 3 is 2.30 bits per heavy atom. The maximum absolute atomic E-state index is 14.5. The van der Waals surface area contributed by atoms with Gasteiger partial charge in [0.15, 0.2) is 11.6 Å². The van der Waals surface area contributed by atoms with E-state index in [2.05, 4.69) is 4.90 Å². The van der Waals surface area contributed by atoms with Crippen molar-refractivity contribution in [2.24, 2.45) is 0 Å². The minimum atomic E-state index is -0.641. The summed E-state index contributed by atoms with van der Waals surface area (Å²) in [6.45, 7) is 4.90. The second-order valence-electron chi connectivity index (χ2n) is 6.07. The molecular formula is C16H21F2N3O2. The molecule has 2 fully saturated rings. The zero-order chi connectivity index (χ0) is 16.6. The molecule has 23 heavy (non-hydrogen) atoms. The number of carbonyl (C=O) groups excluding carboxylic acids is 1. The van der Waals surface area contributed by atoms with Crippen LogP contribution in [-0.4, -0.2) is 56.9 Å². The van der Waals surface area contributed by atoms with E-state index in [4.69, 9.17) is 4.74 Å². The lowest BCUT2D eigenvalue weighted by atomic mass is 10.2. The molecule has 1 amide bonds. The number of rotatable bonds is 3. The Balaban J connectivity index is 1.84. The maximum Gasteiger partial charge on any atom is 0.414 e. The first-order valence-electron chi connectivity index (χ1n) is 7.90. The molecule has 0 aromatic heterocycles. The fourth-order valence-electron chi connectivity index (χ4n) is 2.99. The summed E-state index contributed by atoms with van der Waals surface area (Å²) < 4.78 is 34.1. The number of hydrogen-bond donors (Lipinski definition) is 0. The van der Waals surface area contributed by atoms with Gasteiger partial charge in [-0.25, -0.2) is 13.6 Å². The number of halogens is 2. The summed E-state index contributed by atoms with van der Waals surface area (Å²) in [5, 5.41) is 0. The molecule has 2 aliphatic heterocycles. The van der Waals surface area contributed by atoms with E-state index >= 15 is 0 Å². The van der Waals surface area contributed by atoms with Gasteiger partial charge in [0.25, 0.3) is 0 Å². The Hall–Kier alpha value is -1.89. The van der Waals surface area contributed by atoms with Crippen LogP contribution >= 0.6 is 0 Å². The first-order valence-corrected chi connectivity index (χ1v) is 7.90. The number of anilines is 2. The predicted octanol–water partition coefficient (Wildman–Crippen LogP) is 2.45. The molecule has 5 nitrogen and oxygen atoms in total. The molecule has 2 saturated heterocycles. The SMILES string of the molecule is CC[C@H]1CN(c2cc(F)c(N3CCN(C)CC3)c(F)c2)C(=O)O1. The van der Waals surface area contributed by atoms with E-state index in [-0.39, 0.29) is 17.5 Å². The van der Waals surface area contributed by atoms with Crippen molar-refractivity contribution >= 4 is 17.5 Å². The van der Waals surface area contributed by atoms with Gasteiger partial charge in [-0.1, -0.05) is 6.92 Å². The zero-order valence-electron chi connectivity index (χ0n) is 13.4. The van der Waals surface area contributed by atoms with Crippen LogP contribution < -0.4 is 9.80 Å². The second-order valence-corrected chi connectivity index (χ2v) is 6.07. The number of likely N-dealkylation sites (N-methyl/N-ethyl adjacent to an activating group) is 1. The molecular weight excluding hydrogens is 304 g/mol. The Labute approximate surface area is 134 Å². The van der Waals surface area contributed by atoms with E-state index in [1.165, 1.54) is 17.0 Å². The summed E-state index contributed by atoms with van der Waals surface area (Å²) in [4.78, 5) is 16.9. The minimum Gasteiger partial charge on any atom is -0.444 e. The summed E-state index contributed by atoms with van der Waals surface area (Å²) in [5.41, 5.74) is 0.195. The molecule has 0 aliphatic carbocycles. The number of benzene rings is 1. The number of nitrogens with zero attached hydrogens (tertiary/aromatic N) is 3. The van der Waals surface area contributed by atoms with Gasteiger partial charge < -0.3 is 14.5 Å². The highest BCUT2D eigenvalue weighted by atomic mass is 19.1. The first-order chi connectivity index (χ1) is 11.0. The van der Waals surface area contributed by atoms with Gasteiger partial charge in [-0.05, 0) is 13.5 Å². The van der Waals surface area contributed by atoms with Crippen molar-refractivity contribution < 1.29 is 18.3 Å². The van der Waals surface area contributed by atoms with Gasteiger partial charge in [0.2, 0.25) is 0 Å². The highest BCUT2D eigenvalue weighted by molar-refractivity contribution is 5.90. The third kappa shape index (κ3) is 3.10. The maximum atomic E-state index is 14.5. The van der Waals surface area contributed by atoms with Gasteiger partial charge in [0.1, 0.15) is 11.8 Å². The van der Waals surface area contributed by atoms with Crippen molar-refractivity contribution in [1.82, 2.24) is 4.90 Å². The Morgan fingerprint density at radius 1 is 1.17 bits per heavy atom. The Morgan fingerprint density at radius 2 is 1.78 bits per heavy atom. The molecule has 0 bridgehead atoms. The lowest BCUT2D eigenvalue weighted by Gasteiger charge is -2.34. The topological polar surface area (TPSA) is 36.0 Å². The van der Waals surface area contributed by atoms with E-state index in [0.717, 1.165) is 13.1 Å². The third-order valence-electron chi connectivity index (χ3n) is 4.46. The van der Waals surface area contributed by atoms with E-state index in [0.29, 0.717) is 26.1 Å². The average Bonchev–Trinajstić information content (AvgIpc) is 2.89. The van der Waals surface area contributed by atoms with Gasteiger partial charge in [0.05, 0.1) is 12.2 Å². The van der Waals surface area contributed by atoms with Crippen molar-refractivity contribution in [2.45, 2.75) is 19.4 Å². The number of piperazine rings is 1. The smallest absolute Gasteiger partial charge is 0.414 e. The summed E-state index contributed by atoms with van der Waals surface area (Å²) in [6.07, 6.45) is -0.110. The third-order valence-corrected chi connectivity index (χ3v) is 4.46. The van der Waals surface area contributed by atoms with Gasteiger partial charge in [0, 0.05) is 38.3 Å². The molecule has 1 aromatic rings. The van der Waals surface area contributed by atoms with E-state index in [1.807, 2.05) is 14.0 Å². The Kier molecular flexibility index (Phi) is 4.39. The van der Waals surface area contributed by atoms with Crippen LogP contribution in [0.2, 0.25) is 0 Å². The normalized spacial score (nSPS) is 22.6. The number of carbonyl (C=O) groups is 1. The van der Waals surface area contributed by atoms with Crippen LogP contribution in [0, 0.1) is 11.6 Å². The van der Waals surface area contributed by atoms with Gasteiger partial charge in [-0.3, -0.25) is 4.90 Å². The quantitative estimate of drug-likeness (QED) is 0.855. The summed E-state index contributed by atoms with van der Waals surface area (Å²) in [6, 6.07) is 2.44. The van der Waals surface area contributed by atoms with Crippen molar-refractivity contribution in [3.8, 4) is 0 Å². The molecule has 3 rings (SSSR count). The first kappa shape index (κ1) is 16.0. The van der Waals surface area contributed by atoms with E-state index < -0.39 is 17.7 Å². The second kappa shape index (κ2) is 6.31. The van der Waals surface area contributed by atoms with Crippen LogP contribution in [0.25, 0.3) is 0 Å². The molecule has 0 spiro atoms. The van der Waals surface area contributed by atoms with Crippen molar-refractivity contribution in [1.29, 1.82) is 0 Å². The molecule has 2 aliphatic rings. The van der Waals surface area contributed by atoms with Gasteiger partial charge in [-0.15, -0.1) is 0 Å². The number of cyclic esters (lactones) is 1. The van der Waals surface area contributed by atoms with Crippen LogP contribution in [0.5, 0.6) is 0 Å². The molecule has 2 heterocycles.